The number of hydrogen-bond donors (Lipinski definition) is 0. The van der Waals surface area contributed by atoms with Crippen molar-refractivity contribution in [2.75, 3.05) is 0 Å². The quantitative estimate of drug-likeness (QED) is 0.643. The Morgan fingerprint density at radius 2 is 1.85 bits per heavy atom. The highest BCUT2D eigenvalue weighted by atomic mass is 32.1. The molecule has 1 aromatic rings. The SMILES string of the molecule is O=S=Cc1ccccc1C(F)(F)F. The fraction of sp³-hybridized carbons (Fsp3) is 0.125. The lowest BCUT2D eigenvalue weighted by molar-refractivity contribution is -0.137. The van der Waals surface area contributed by atoms with E-state index in [-0.39, 0.29) is 16.8 Å². The number of benzene rings is 1. The van der Waals surface area contributed by atoms with Crippen LogP contribution in [0.3, 0.4) is 0 Å². The maximum Gasteiger partial charge on any atom is 0.417 e. The monoisotopic (exact) mass is 206 g/mol. The van der Waals surface area contributed by atoms with Crippen molar-refractivity contribution in [3.63, 3.8) is 0 Å². The second-order valence-electron chi connectivity index (χ2n) is 2.30. The molecule has 0 aromatic heterocycles. The molecule has 13 heavy (non-hydrogen) atoms. The minimum Gasteiger partial charge on any atom is -0.212 e. The van der Waals surface area contributed by atoms with E-state index in [1.807, 2.05) is 0 Å². The minimum atomic E-state index is -4.40. The molecule has 0 saturated heterocycles. The van der Waals surface area contributed by atoms with Gasteiger partial charge in [-0.2, -0.15) is 13.2 Å². The summed E-state index contributed by atoms with van der Waals surface area (Å²) >= 11 is 0.0100. The first kappa shape index (κ1) is 9.98. The van der Waals surface area contributed by atoms with E-state index >= 15 is 0 Å². The molecule has 0 aliphatic carbocycles. The molecule has 0 N–H and O–H groups in total. The molecule has 0 amide bonds. The van der Waals surface area contributed by atoms with Crippen molar-refractivity contribution >= 4 is 16.6 Å². The van der Waals surface area contributed by atoms with Crippen LogP contribution in [0.15, 0.2) is 24.3 Å². The second kappa shape index (κ2) is 3.74. The van der Waals surface area contributed by atoms with Gasteiger partial charge in [0.15, 0.2) is 0 Å². The zero-order chi connectivity index (χ0) is 9.90. The smallest absolute Gasteiger partial charge is 0.212 e. The second-order valence-corrected chi connectivity index (χ2v) is 2.73. The first-order chi connectivity index (χ1) is 6.05. The van der Waals surface area contributed by atoms with Crippen LogP contribution < -0.4 is 0 Å². The summed E-state index contributed by atoms with van der Waals surface area (Å²) in [6.45, 7) is 0. The standard InChI is InChI=1S/C8H5F3OS/c9-8(10,11)7-4-2-1-3-6(7)5-13-12/h1-5H. The van der Waals surface area contributed by atoms with Gasteiger partial charge in [-0.1, -0.05) is 18.2 Å². The third-order valence-corrected chi connectivity index (χ3v) is 1.79. The van der Waals surface area contributed by atoms with E-state index in [2.05, 4.69) is 0 Å². The van der Waals surface area contributed by atoms with Crippen molar-refractivity contribution in [2.45, 2.75) is 6.18 Å². The molecule has 70 valence electrons. The molecule has 0 aliphatic rings. The van der Waals surface area contributed by atoms with Crippen LogP contribution in [0, 0.1) is 0 Å². The third-order valence-electron chi connectivity index (χ3n) is 1.44. The van der Waals surface area contributed by atoms with Crippen LogP contribution in [0.1, 0.15) is 11.1 Å². The average Bonchev–Trinajstić information content (AvgIpc) is 2.04. The number of hydrogen-bond acceptors (Lipinski definition) is 1. The summed E-state index contributed by atoms with van der Waals surface area (Å²) < 4.78 is 46.8. The van der Waals surface area contributed by atoms with Crippen molar-refractivity contribution in [2.24, 2.45) is 0 Å². The Balaban J connectivity index is 3.27. The summed E-state index contributed by atoms with van der Waals surface area (Å²) in [4.78, 5) is 0. The molecule has 0 spiro atoms. The van der Waals surface area contributed by atoms with Gasteiger partial charge < -0.3 is 0 Å². The van der Waals surface area contributed by atoms with Gasteiger partial charge in [0.05, 0.1) is 16.8 Å². The average molecular weight is 206 g/mol. The Bertz CT molecular complexity index is 353. The Labute approximate surface area is 76.3 Å². The highest BCUT2D eigenvalue weighted by Crippen LogP contribution is 2.30. The Kier molecular flexibility index (Phi) is 2.87. The number of alkyl halides is 3. The lowest BCUT2D eigenvalue weighted by atomic mass is 10.1. The van der Waals surface area contributed by atoms with Gasteiger partial charge in [-0.15, -0.1) is 0 Å². The molecule has 5 heteroatoms. The van der Waals surface area contributed by atoms with Crippen LogP contribution in [0.25, 0.3) is 0 Å². The molecule has 0 unspecified atom stereocenters. The molecule has 0 aliphatic heterocycles. The maximum atomic E-state index is 12.2. The van der Waals surface area contributed by atoms with Gasteiger partial charge in [0.2, 0.25) is 0 Å². The zero-order valence-electron chi connectivity index (χ0n) is 6.34. The van der Waals surface area contributed by atoms with Gasteiger partial charge in [0.25, 0.3) is 0 Å². The lowest BCUT2D eigenvalue weighted by Crippen LogP contribution is -2.08. The van der Waals surface area contributed by atoms with Crippen molar-refractivity contribution in [1.29, 1.82) is 0 Å². The summed E-state index contributed by atoms with van der Waals surface area (Å²) in [5.41, 5.74) is -0.867. The first-order valence-corrected chi connectivity index (χ1v) is 4.14. The van der Waals surface area contributed by atoms with Gasteiger partial charge in [-0.3, -0.25) is 0 Å². The molecule has 0 heterocycles. The Morgan fingerprint density at radius 1 is 1.23 bits per heavy atom. The molecule has 1 nitrogen and oxygen atoms in total. The van der Waals surface area contributed by atoms with Crippen molar-refractivity contribution in [3.05, 3.63) is 35.4 Å². The van der Waals surface area contributed by atoms with E-state index in [1.165, 1.54) is 18.2 Å². The Morgan fingerprint density at radius 3 is 2.38 bits per heavy atom. The van der Waals surface area contributed by atoms with E-state index in [4.69, 9.17) is 0 Å². The fourth-order valence-electron chi connectivity index (χ4n) is 0.910. The van der Waals surface area contributed by atoms with Crippen molar-refractivity contribution in [3.8, 4) is 0 Å². The van der Waals surface area contributed by atoms with Gasteiger partial charge >= 0.3 is 6.18 Å². The van der Waals surface area contributed by atoms with Crippen LogP contribution in [-0.4, -0.2) is 9.58 Å². The highest BCUT2D eigenvalue weighted by Gasteiger charge is 2.32. The fourth-order valence-corrected chi connectivity index (χ4v) is 1.22. The summed E-state index contributed by atoms with van der Waals surface area (Å²) in [7, 11) is 0. The van der Waals surface area contributed by atoms with Crippen LogP contribution in [0.2, 0.25) is 0 Å². The van der Waals surface area contributed by atoms with Gasteiger partial charge in [0.1, 0.15) is 0 Å². The zero-order valence-corrected chi connectivity index (χ0v) is 7.15. The molecule has 0 radical (unpaired) electrons. The summed E-state index contributed by atoms with van der Waals surface area (Å²) in [5, 5.41) is 0.933. The number of halogens is 3. The first-order valence-electron chi connectivity index (χ1n) is 3.34. The van der Waals surface area contributed by atoms with Gasteiger partial charge in [-0.25, -0.2) is 4.21 Å². The van der Waals surface area contributed by atoms with E-state index in [1.54, 1.807) is 0 Å². The van der Waals surface area contributed by atoms with Crippen molar-refractivity contribution in [1.82, 2.24) is 0 Å². The van der Waals surface area contributed by atoms with E-state index in [9.17, 15) is 17.4 Å². The lowest BCUT2D eigenvalue weighted by Gasteiger charge is -2.08. The molecule has 0 fully saturated rings. The van der Waals surface area contributed by atoms with Crippen LogP contribution in [0.4, 0.5) is 13.2 Å². The molecule has 1 aromatic carbocycles. The van der Waals surface area contributed by atoms with Gasteiger partial charge in [0, 0.05) is 5.37 Å². The van der Waals surface area contributed by atoms with Crippen molar-refractivity contribution < 1.29 is 17.4 Å². The van der Waals surface area contributed by atoms with E-state index in [0.717, 1.165) is 11.4 Å². The van der Waals surface area contributed by atoms with Crippen LogP contribution in [-0.2, 0) is 17.4 Å². The van der Waals surface area contributed by atoms with E-state index < -0.39 is 11.7 Å². The van der Waals surface area contributed by atoms with Crippen LogP contribution in [0.5, 0.6) is 0 Å². The minimum absolute atomic E-state index is 0.0100. The number of rotatable bonds is 1. The summed E-state index contributed by atoms with van der Waals surface area (Å²) in [5.74, 6) is 0. The van der Waals surface area contributed by atoms with Gasteiger partial charge in [-0.05, 0) is 11.6 Å². The largest absolute Gasteiger partial charge is 0.417 e. The normalized spacial score (nSPS) is 11.0. The highest BCUT2D eigenvalue weighted by molar-refractivity contribution is 7.65. The molecular weight excluding hydrogens is 201 g/mol. The molecule has 1 rings (SSSR count). The maximum absolute atomic E-state index is 12.2. The Hall–Kier alpha value is -1.10. The predicted molar refractivity (Wildman–Crippen MR) is 44.8 cm³/mol. The third kappa shape index (κ3) is 2.42. The molecule has 0 bridgehead atoms. The summed E-state index contributed by atoms with van der Waals surface area (Å²) in [6, 6.07) is 4.95. The van der Waals surface area contributed by atoms with E-state index in [0.29, 0.717) is 0 Å². The predicted octanol–water partition coefficient (Wildman–Crippen LogP) is 2.07. The summed E-state index contributed by atoms with van der Waals surface area (Å²) in [6.07, 6.45) is -4.40. The molecular formula is C8H5F3OS. The molecule has 0 saturated carbocycles. The molecule has 0 atom stereocenters. The van der Waals surface area contributed by atoms with Crippen LogP contribution >= 0.6 is 0 Å². The topological polar surface area (TPSA) is 17.1 Å².